The van der Waals surface area contributed by atoms with Crippen LogP contribution in [-0.2, 0) is 4.79 Å². The summed E-state index contributed by atoms with van der Waals surface area (Å²) in [6.45, 7) is 0. The SMILES string of the molecule is O=C(CSc1nc2ccccc2c(=O)n1-c1cccc(Cl)c1)Nc1cc(Cl)ccc1F. The molecule has 0 aliphatic rings. The molecule has 0 aliphatic carbocycles. The minimum Gasteiger partial charge on any atom is -0.323 e. The van der Waals surface area contributed by atoms with Crippen molar-refractivity contribution >= 4 is 57.5 Å². The summed E-state index contributed by atoms with van der Waals surface area (Å²) in [5.74, 6) is -1.16. The molecular weight excluding hydrogens is 460 g/mol. The van der Waals surface area contributed by atoms with Gasteiger partial charge in [0.05, 0.1) is 28.0 Å². The number of hydrogen-bond donors (Lipinski definition) is 1. The molecule has 0 atom stereocenters. The van der Waals surface area contributed by atoms with Crippen molar-refractivity contribution in [2.75, 3.05) is 11.1 Å². The molecule has 0 saturated carbocycles. The molecule has 0 saturated heterocycles. The Bertz CT molecular complexity index is 1360. The molecule has 0 radical (unpaired) electrons. The van der Waals surface area contributed by atoms with Crippen molar-refractivity contribution in [2.45, 2.75) is 5.16 Å². The monoisotopic (exact) mass is 473 g/mol. The van der Waals surface area contributed by atoms with E-state index >= 15 is 0 Å². The lowest BCUT2D eigenvalue weighted by molar-refractivity contribution is -0.113. The predicted molar refractivity (Wildman–Crippen MR) is 123 cm³/mol. The van der Waals surface area contributed by atoms with Gasteiger partial charge in [0, 0.05) is 10.0 Å². The second-order valence-electron chi connectivity index (χ2n) is 6.49. The number of rotatable bonds is 5. The molecule has 1 aromatic heterocycles. The van der Waals surface area contributed by atoms with Crippen LogP contribution in [0.25, 0.3) is 16.6 Å². The van der Waals surface area contributed by atoms with Crippen molar-refractivity contribution < 1.29 is 9.18 Å². The standard InChI is InChI=1S/C22H14Cl2FN3O2S/c23-13-4-3-5-15(10-13)28-21(30)16-6-1-2-7-18(16)27-22(28)31-12-20(29)26-19-11-14(24)8-9-17(19)25/h1-11H,12H2,(H,26,29). The maximum atomic E-state index is 13.9. The fourth-order valence-corrected chi connectivity index (χ4v) is 4.13. The van der Waals surface area contributed by atoms with Crippen molar-refractivity contribution in [3.8, 4) is 5.69 Å². The first-order valence-electron chi connectivity index (χ1n) is 9.08. The van der Waals surface area contributed by atoms with Crippen LogP contribution in [0.4, 0.5) is 10.1 Å². The Morgan fingerprint density at radius 1 is 1.03 bits per heavy atom. The lowest BCUT2D eigenvalue weighted by Crippen LogP contribution is -2.23. The summed E-state index contributed by atoms with van der Waals surface area (Å²) >= 11 is 13.0. The maximum absolute atomic E-state index is 13.9. The van der Waals surface area contributed by atoms with Crippen LogP contribution in [0.1, 0.15) is 0 Å². The summed E-state index contributed by atoms with van der Waals surface area (Å²) in [5.41, 5.74) is 0.739. The number of aromatic nitrogens is 2. The number of carbonyl (C=O) groups is 1. The third-order valence-corrected chi connectivity index (χ3v) is 5.75. The van der Waals surface area contributed by atoms with E-state index in [4.69, 9.17) is 23.2 Å². The van der Waals surface area contributed by atoms with Gasteiger partial charge in [-0.3, -0.25) is 14.2 Å². The first kappa shape index (κ1) is 21.4. The van der Waals surface area contributed by atoms with Crippen LogP contribution in [-0.4, -0.2) is 21.2 Å². The Morgan fingerprint density at radius 3 is 2.61 bits per heavy atom. The normalized spacial score (nSPS) is 10.9. The lowest BCUT2D eigenvalue weighted by Gasteiger charge is -2.13. The predicted octanol–water partition coefficient (Wildman–Crippen LogP) is 5.56. The molecular formula is C22H14Cl2FN3O2S. The van der Waals surface area contributed by atoms with Crippen LogP contribution in [0, 0.1) is 5.82 Å². The first-order chi connectivity index (χ1) is 14.9. The fraction of sp³-hybridized carbons (Fsp3) is 0.0455. The molecule has 4 rings (SSSR count). The average molecular weight is 474 g/mol. The second kappa shape index (κ2) is 9.09. The van der Waals surface area contributed by atoms with Crippen LogP contribution in [0.5, 0.6) is 0 Å². The van der Waals surface area contributed by atoms with E-state index in [0.29, 0.717) is 31.8 Å². The Hall–Kier alpha value is -2.87. The van der Waals surface area contributed by atoms with Crippen molar-refractivity contribution in [3.63, 3.8) is 0 Å². The van der Waals surface area contributed by atoms with Crippen molar-refractivity contribution in [1.29, 1.82) is 0 Å². The zero-order valence-electron chi connectivity index (χ0n) is 15.8. The van der Waals surface area contributed by atoms with Crippen molar-refractivity contribution in [2.24, 2.45) is 0 Å². The van der Waals surface area contributed by atoms with Gasteiger partial charge in [0.2, 0.25) is 5.91 Å². The van der Waals surface area contributed by atoms with Crippen LogP contribution >= 0.6 is 35.0 Å². The number of nitrogens with one attached hydrogen (secondary N) is 1. The van der Waals surface area contributed by atoms with Gasteiger partial charge in [-0.2, -0.15) is 0 Å². The van der Waals surface area contributed by atoms with E-state index in [1.165, 1.54) is 22.8 Å². The Morgan fingerprint density at radius 2 is 1.81 bits per heavy atom. The molecule has 156 valence electrons. The lowest BCUT2D eigenvalue weighted by atomic mass is 10.2. The third kappa shape index (κ3) is 4.74. The number of amides is 1. The van der Waals surface area contributed by atoms with E-state index in [-0.39, 0.29) is 17.0 Å². The number of carbonyl (C=O) groups excluding carboxylic acids is 1. The molecule has 1 amide bonds. The van der Waals surface area contributed by atoms with Gasteiger partial charge in [0.25, 0.3) is 5.56 Å². The average Bonchev–Trinajstić information content (AvgIpc) is 2.75. The molecule has 9 heteroatoms. The van der Waals surface area contributed by atoms with E-state index < -0.39 is 11.7 Å². The Kier molecular flexibility index (Phi) is 6.27. The number of nitrogens with zero attached hydrogens (tertiary/aromatic N) is 2. The molecule has 5 nitrogen and oxygen atoms in total. The van der Waals surface area contributed by atoms with Crippen LogP contribution in [0.2, 0.25) is 10.0 Å². The summed E-state index contributed by atoms with van der Waals surface area (Å²) in [5, 5.41) is 4.00. The van der Waals surface area contributed by atoms with E-state index in [1.807, 2.05) is 0 Å². The molecule has 1 heterocycles. The minimum absolute atomic E-state index is 0.0168. The van der Waals surface area contributed by atoms with Gasteiger partial charge >= 0.3 is 0 Å². The summed E-state index contributed by atoms with van der Waals surface area (Å²) in [4.78, 5) is 30.2. The Labute approximate surface area is 190 Å². The smallest absolute Gasteiger partial charge is 0.266 e. The number of thioether (sulfide) groups is 1. The highest BCUT2D eigenvalue weighted by molar-refractivity contribution is 7.99. The topological polar surface area (TPSA) is 64.0 Å². The number of fused-ring (bicyclic) bond motifs is 1. The molecule has 0 fully saturated rings. The number of hydrogen-bond acceptors (Lipinski definition) is 4. The molecule has 0 unspecified atom stereocenters. The van der Waals surface area contributed by atoms with Crippen LogP contribution in [0.15, 0.2) is 76.7 Å². The van der Waals surface area contributed by atoms with Gasteiger partial charge in [0.15, 0.2) is 5.16 Å². The highest BCUT2D eigenvalue weighted by atomic mass is 35.5. The largest absolute Gasteiger partial charge is 0.323 e. The number of halogens is 3. The minimum atomic E-state index is -0.595. The molecule has 31 heavy (non-hydrogen) atoms. The van der Waals surface area contributed by atoms with E-state index in [2.05, 4.69) is 10.3 Å². The van der Waals surface area contributed by atoms with Crippen LogP contribution in [0.3, 0.4) is 0 Å². The maximum Gasteiger partial charge on any atom is 0.266 e. The summed E-state index contributed by atoms with van der Waals surface area (Å²) < 4.78 is 15.3. The zero-order chi connectivity index (χ0) is 22.0. The molecule has 0 spiro atoms. The fourth-order valence-electron chi connectivity index (χ4n) is 2.96. The highest BCUT2D eigenvalue weighted by Crippen LogP contribution is 2.24. The summed E-state index contributed by atoms with van der Waals surface area (Å²) in [6, 6.07) is 17.6. The van der Waals surface area contributed by atoms with Crippen molar-refractivity contribution in [3.05, 3.63) is 92.9 Å². The zero-order valence-corrected chi connectivity index (χ0v) is 18.1. The number of anilines is 1. The summed E-state index contributed by atoms with van der Waals surface area (Å²) in [6.07, 6.45) is 0. The first-order valence-corrected chi connectivity index (χ1v) is 10.8. The molecule has 1 N–H and O–H groups in total. The highest BCUT2D eigenvalue weighted by Gasteiger charge is 2.16. The van der Waals surface area contributed by atoms with Gasteiger partial charge in [-0.1, -0.05) is 53.2 Å². The molecule has 0 aliphatic heterocycles. The second-order valence-corrected chi connectivity index (χ2v) is 8.31. The van der Waals surface area contributed by atoms with Crippen LogP contribution < -0.4 is 10.9 Å². The van der Waals surface area contributed by atoms with Gasteiger partial charge in [-0.15, -0.1) is 0 Å². The van der Waals surface area contributed by atoms with E-state index in [9.17, 15) is 14.0 Å². The van der Waals surface area contributed by atoms with E-state index in [1.54, 1.807) is 48.5 Å². The quantitative estimate of drug-likeness (QED) is 0.304. The van der Waals surface area contributed by atoms with Crippen molar-refractivity contribution in [1.82, 2.24) is 9.55 Å². The number of benzene rings is 3. The molecule has 3 aromatic carbocycles. The summed E-state index contributed by atoms with van der Waals surface area (Å²) in [7, 11) is 0. The van der Waals surface area contributed by atoms with Gasteiger partial charge in [-0.25, -0.2) is 9.37 Å². The third-order valence-electron chi connectivity index (χ3n) is 4.35. The number of para-hydroxylation sites is 1. The van der Waals surface area contributed by atoms with Gasteiger partial charge < -0.3 is 5.32 Å². The van der Waals surface area contributed by atoms with Gasteiger partial charge in [0.1, 0.15) is 5.82 Å². The molecule has 0 bridgehead atoms. The van der Waals surface area contributed by atoms with E-state index in [0.717, 1.165) is 11.8 Å². The molecule has 4 aromatic rings. The van der Waals surface area contributed by atoms with Gasteiger partial charge in [-0.05, 0) is 48.5 Å². The Balaban J connectivity index is 1.68.